The maximum Gasteiger partial charge on any atom is 0.191 e. The zero-order chi connectivity index (χ0) is 20.4. The molecule has 1 heterocycles. The standard InChI is InChI=1S/C20H34N4O3S/c1-4-21-20(22-12-15-28(3,25)26)23-16-19(24-13-6-5-7-14-24)17-8-10-18(27-2)11-9-17/h8-11,19H,4-7,12-16H2,1-3H3,(H2,21,22,23). The van der Waals surface area contributed by atoms with Crippen molar-refractivity contribution >= 4 is 15.8 Å². The highest BCUT2D eigenvalue weighted by Crippen LogP contribution is 2.26. The van der Waals surface area contributed by atoms with Gasteiger partial charge in [0, 0.05) is 19.3 Å². The molecule has 0 amide bonds. The molecule has 7 nitrogen and oxygen atoms in total. The number of sulfone groups is 1. The summed E-state index contributed by atoms with van der Waals surface area (Å²) in [4.78, 5) is 7.25. The predicted octanol–water partition coefficient (Wildman–Crippen LogP) is 1.82. The normalized spacial score (nSPS) is 17.2. The van der Waals surface area contributed by atoms with Crippen LogP contribution in [0.15, 0.2) is 29.3 Å². The first-order valence-corrected chi connectivity index (χ1v) is 12.1. The minimum absolute atomic E-state index is 0.0887. The van der Waals surface area contributed by atoms with Gasteiger partial charge < -0.3 is 15.4 Å². The van der Waals surface area contributed by atoms with E-state index >= 15 is 0 Å². The number of piperidine rings is 1. The molecule has 1 aliphatic rings. The van der Waals surface area contributed by atoms with Crippen LogP contribution in [0.25, 0.3) is 0 Å². The largest absolute Gasteiger partial charge is 0.497 e. The molecule has 28 heavy (non-hydrogen) atoms. The summed E-state index contributed by atoms with van der Waals surface area (Å²) in [5.74, 6) is 1.59. The van der Waals surface area contributed by atoms with Gasteiger partial charge >= 0.3 is 0 Å². The lowest BCUT2D eigenvalue weighted by atomic mass is 10.0. The minimum atomic E-state index is -3.00. The Morgan fingerprint density at radius 1 is 1.18 bits per heavy atom. The quantitative estimate of drug-likeness (QED) is 0.477. The second-order valence-corrected chi connectivity index (χ2v) is 9.42. The van der Waals surface area contributed by atoms with Crippen molar-refractivity contribution < 1.29 is 13.2 Å². The predicted molar refractivity (Wildman–Crippen MR) is 115 cm³/mol. The highest BCUT2D eigenvalue weighted by atomic mass is 32.2. The Kier molecular flexibility index (Phi) is 9.05. The fourth-order valence-corrected chi connectivity index (χ4v) is 3.83. The first kappa shape index (κ1) is 22.5. The Morgan fingerprint density at radius 2 is 1.86 bits per heavy atom. The van der Waals surface area contributed by atoms with Crippen LogP contribution in [-0.2, 0) is 9.84 Å². The van der Waals surface area contributed by atoms with Gasteiger partial charge in [-0.3, -0.25) is 9.89 Å². The smallest absolute Gasteiger partial charge is 0.191 e. The van der Waals surface area contributed by atoms with Crippen LogP contribution in [0, 0.1) is 0 Å². The molecule has 8 heteroatoms. The van der Waals surface area contributed by atoms with Crippen LogP contribution in [-0.4, -0.2) is 71.1 Å². The molecule has 1 fully saturated rings. The van der Waals surface area contributed by atoms with Crippen molar-refractivity contribution in [3.05, 3.63) is 29.8 Å². The third-order valence-corrected chi connectivity index (χ3v) is 5.81. The van der Waals surface area contributed by atoms with E-state index in [-0.39, 0.29) is 11.8 Å². The highest BCUT2D eigenvalue weighted by molar-refractivity contribution is 7.90. The SMILES string of the molecule is CCNC(=NCC(c1ccc(OC)cc1)N1CCCCC1)NCCS(C)(=O)=O. The van der Waals surface area contributed by atoms with E-state index in [0.717, 1.165) is 25.4 Å². The maximum absolute atomic E-state index is 11.4. The van der Waals surface area contributed by atoms with Gasteiger partial charge in [0.25, 0.3) is 0 Å². The Labute approximate surface area is 169 Å². The third-order valence-electron chi connectivity index (χ3n) is 4.86. The van der Waals surface area contributed by atoms with Gasteiger partial charge in [-0.25, -0.2) is 8.42 Å². The summed E-state index contributed by atoms with van der Waals surface area (Å²) in [5, 5.41) is 6.33. The third kappa shape index (κ3) is 7.67. The van der Waals surface area contributed by atoms with Gasteiger partial charge in [0.1, 0.15) is 15.6 Å². The molecule has 0 saturated carbocycles. The minimum Gasteiger partial charge on any atom is -0.497 e. The topological polar surface area (TPSA) is 83.0 Å². The van der Waals surface area contributed by atoms with Gasteiger partial charge in [-0.05, 0) is 50.6 Å². The molecule has 1 atom stereocenters. The Hall–Kier alpha value is -1.80. The summed E-state index contributed by atoms with van der Waals surface area (Å²) in [6, 6.07) is 8.39. The van der Waals surface area contributed by atoms with Gasteiger partial charge in [0.15, 0.2) is 5.96 Å². The molecule has 0 aromatic heterocycles. The number of aliphatic imine (C=N–C) groups is 1. The van der Waals surface area contributed by atoms with E-state index in [0.29, 0.717) is 19.0 Å². The number of methoxy groups -OCH3 is 1. The van der Waals surface area contributed by atoms with E-state index in [1.165, 1.54) is 31.1 Å². The van der Waals surface area contributed by atoms with Crippen LogP contribution in [0.3, 0.4) is 0 Å². The lowest BCUT2D eigenvalue weighted by molar-refractivity contribution is 0.167. The molecule has 1 saturated heterocycles. The molecule has 0 radical (unpaired) electrons. The Balaban J connectivity index is 2.12. The van der Waals surface area contributed by atoms with Crippen LogP contribution in [0.4, 0.5) is 0 Å². The van der Waals surface area contributed by atoms with Gasteiger partial charge in [0.05, 0.1) is 25.4 Å². The zero-order valence-electron chi connectivity index (χ0n) is 17.3. The summed E-state index contributed by atoms with van der Waals surface area (Å²) < 4.78 is 28.0. The van der Waals surface area contributed by atoms with Crippen molar-refractivity contribution in [2.24, 2.45) is 4.99 Å². The number of ether oxygens (including phenoxy) is 1. The Bertz CT molecular complexity index is 713. The monoisotopic (exact) mass is 410 g/mol. The summed E-state index contributed by atoms with van der Waals surface area (Å²) in [6.07, 6.45) is 4.95. The number of guanidine groups is 1. The van der Waals surface area contributed by atoms with Crippen molar-refractivity contribution in [2.45, 2.75) is 32.2 Å². The number of nitrogens with one attached hydrogen (secondary N) is 2. The molecule has 1 aromatic carbocycles. The number of benzene rings is 1. The van der Waals surface area contributed by atoms with E-state index in [1.54, 1.807) is 7.11 Å². The van der Waals surface area contributed by atoms with E-state index in [2.05, 4.69) is 27.7 Å². The average Bonchev–Trinajstić information content (AvgIpc) is 2.68. The fourth-order valence-electron chi connectivity index (χ4n) is 3.36. The molecule has 1 unspecified atom stereocenters. The second kappa shape index (κ2) is 11.3. The van der Waals surface area contributed by atoms with Gasteiger partial charge in [-0.15, -0.1) is 0 Å². The van der Waals surface area contributed by atoms with E-state index < -0.39 is 9.84 Å². The first-order chi connectivity index (χ1) is 13.4. The summed E-state index contributed by atoms with van der Waals surface area (Å²) >= 11 is 0. The van der Waals surface area contributed by atoms with Crippen LogP contribution < -0.4 is 15.4 Å². The fraction of sp³-hybridized carbons (Fsp3) is 0.650. The molecule has 158 valence electrons. The van der Waals surface area contributed by atoms with Crippen LogP contribution in [0.5, 0.6) is 5.75 Å². The molecular formula is C20H34N4O3S. The number of likely N-dealkylation sites (tertiary alicyclic amines) is 1. The van der Waals surface area contributed by atoms with E-state index in [9.17, 15) is 8.42 Å². The van der Waals surface area contributed by atoms with Crippen LogP contribution in [0.2, 0.25) is 0 Å². The molecule has 1 aliphatic heterocycles. The summed E-state index contributed by atoms with van der Waals surface area (Å²) in [7, 11) is -1.33. The molecule has 2 N–H and O–H groups in total. The first-order valence-electron chi connectivity index (χ1n) is 10.0. The van der Waals surface area contributed by atoms with Gasteiger partial charge in [-0.1, -0.05) is 18.6 Å². The van der Waals surface area contributed by atoms with Crippen molar-refractivity contribution in [1.29, 1.82) is 0 Å². The van der Waals surface area contributed by atoms with Crippen molar-refractivity contribution in [1.82, 2.24) is 15.5 Å². The van der Waals surface area contributed by atoms with E-state index in [4.69, 9.17) is 9.73 Å². The van der Waals surface area contributed by atoms with Crippen molar-refractivity contribution in [3.63, 3.8) is 0 Å². The van der Waals surface area contributed by atoms with Crippen LogP contribution in [0.1, 0.15) is 37.8 Å². The maximum atomic E-state index is 11.4. The van der Waals surface area contributed by atoms with Gasteiger partial charge in [0.2, 0.25) is 0 Å². The highest BCUT2D eigenvalue weighted by Gasteiger charge is 2.22. The summed E-state index contributed by atoms with van der Waals surface area (Å²) in [5.41, 5.74) is 1.22. The molecule has 0 aliphatic carbocycles. The lowest BCUT2D eigenvalue weighted by Crippen LogP contribution is -2.41. The number of hydrogen-bond acceptors (Lipinski definition) is 5. The van der Waals surface area contributed by atoms with Crippen molar-refractivity contribution in [2.75, 3.05) is 51.8 Å². The molecule has 1 aromatic rings. The number of rotatable bonds is 9. The van der Waals surface area contributed by atoms with Crippen molar-refractivity contribution in [3.8, 4) is 5.75 Å². The Morgan fingerprint density at radius 3 is 2.43 bits per heavy atom. The zero-order valence-corrected chi connectivity index (χ0v) is 18.1. The number of hydrogen-bond donors (Lipinski definition) is 2. The molecule has 0 bridgehead atoms. The molecule has 0 spiro atoms. The average molecular weight is 411 g/mol. The summed E-state index contributed by atoms with van der Waals surface area (Å²) in [6.45, 7) is 5.83. The number of nitrogens with zero attached hydrogens (tertiary/aromatic N) is 2. The van der Waals surface area contributed by atoms with Gasteiger partial charge in [-0.2, -0.15) is 0 Å². The second-order valence-electron chi connectivity index (χ2n) is 7.16. The van der Waals surface area contributed by atoms with E-state index in [1.807, 2.05) is 19.1 Å². The molecular weight excluding hydrogens is 376 g/mol. The molecule has 2 rings (SSSR count). The lowest BCUT2D eigenvalue weighted by Gasteiger charge is -2.34. The van der Waals surface area contributed by atoms with Crippen LogP contribution >= 0.6 is 0 Å².